The molecule has 0 saturated heterocycles. The first-order valence-corrected chi connectivity index (χ1v) is 11.9. The summed E-state index contributed by atoms with van der Waals surface area (Å²) in [5.74, 6) is 0.400. The van der Waals surface area contributed by atoms with Crippen molar-refractivity contribution in [3.8, 4) is 0 Å². The van der Waals surface area contributed by atoms with E-state index < -0.39 is 10.0 Å². The second kappa shape index (κ2) is 7.92. The zero-order valence-electron chi connectivity index (χ0n) is 17.0. The fourth-order valence-electron chi connectivity index (χ4n) is 4.18. The molecule has 1 fully saturated rings. The monoisotopic (exact) mass is 412 g/mol. The second-order valence-electron chi connectivity index (χ2n) is 8.34. The van der Waals surface area contributed by atoms with Crippen molar-refractivity contribution in [2.24, 2.45) is 5.92 Å². The Morgan fingerprint density at radius 3 is 2.55 bits per heavy atom. The van der Waals surface area contributed by atoms with E-state index in [1.165, 1.54) is 0 Å². The number of nitrogens with zero attached hydrogens (tertiary/aromatic N) is 1. The summed E-state index contributed by atoms with van der Waals surface area (Å²) in [6.07, 6.45) is 3.74. The molecule has 0 unspecified atom stereocenters. The summed E-state index contributed by atoms with van der Waals surface area (Å²) in [6, 6.07) is 15.1. The van der Waals surface area contributed by atoms with Crippen molar-refractivity contribution in [3.05, 3.63) is 59.7 Å². The van der Waals surface area contributed by atoms with Crippen molar-refractivity contribution in [1.29, 1.82) is 0 Å². The van der Waals surface area contributed by atoms with E-state index >= 15 is 0 Å². The minimum atomic E-state index is -3.60. The predicted molar refractivity (Wildman–Crippen MR) is 114 cm³/mol. The lowest BCUT2D eigenvalue weighted by atomic mass is 9.84. The molecule has 1 N–H and O–H groups in total. The van der Waals surface area contributed by atoms with Crippen LogP contribution in [0.15, 0.2) is 53.4 Å². The third-order valence-electron chi connectivity index (χ3n) is 6.22. The molecule has 1 aliphatic heterocycles. The highest BCUT2D eigenvalue weighted by Gasteiger charge is 2.37. The zero-order chi connectivity index (χ0) is 20.6. The maximum atomic E-state index is 12.8. The van der Waals surface area contributed by atoms with Crippen LogP contribution in [0.25, 0.3) is 0 Å². The van der Waals surface area contributed by atoms with Crippen LogP contribution in [0.5, 0.6) is 0 Å². The number of carbonyl (C=O) groups is 1. The molecule has 1 heterocycles. The first kappa shape index (κ1) is 20.1. The number of fused-ring (bicyclic) bond motifs is 1. The molecule has 0 aromatic heterocycles. The van der Waals surface area contributed by atoms with Gasteiger partial charge in [-0.1, -0.05) is 43.7 Å². The maximum Gasteiger partial charge on any atom is 0.240 e. The molecule has 2 aliphatic rings. The first-order chi connectivity index (χ1) is 13.9. The summed E-state index contributed by atoms with van der Waals surface area (Å²) in [6.45, 7) is 4.38. The van der Waals surface area contributed by atoms with Crippen molar-refractivity contribution in [1.82, 2.24) is 4.72 Å². The molecule has 4 rings (SSSR count). The van der Waals surface area contributed by atoms with Crippen molar-refractivity contribution >= 4 is 21.6 Å². The van der Waals surface area contributed by atoms with Crippen molar-refractivity contribution in [2.45, 2.75) is 56.4 Å². The fourth-order valence-corrected chi connectivity index (χ4v) is 5.36. The molecule has 29 heavy (non-hydrogen) atoms. The van der Waals surface area contributed by atoms with Crippen LogP contribution >= 0.6 is 0 Å². The Hall–Kier alpha value is -2.18. The number of benzene rings is 2. The molecular weight excluding hydrogens is 384 g/mol. The number of nitrogens with one attached hydrogen (secondary N) is 1. The second-order valence-corrected chi connectivity index (χ2v) is 10.1. The maximum absolute atomic E-state index is 12.8. The van der Waals surface area contributed by atoms with Gasteiger partial charge in [0.2, 0.25) is 15.9 Å². The van der Waals surface area contributed by atoms with Gasteiger partial charge in [-0.2, -0.15) is 0 Å². The molecular formula is C23H28N2O3S. The van der Waals surface area contributed by atoms with Gasteiger partial charge in [0.1, 0.15) is 0 Å². The van der Waals surface area contributed by atoms with Crippen LogP contribution < -0.4 is 9.62 Å². The standard InChI is InChI=1S/C23H28N2O3S/c1-16(18-7-4-3-5-8-18)15-24-29(27,28)21-11-12-22-20(14-21)13-17(2)25(22)23(26)19-9-6-10-19/h3-5,7-8,11-12,14,16-17,19,24H,6,9-10,13,15H2,1-2H3/t16-,17-/m0/s1. The van der Waals surface area contributed by atoms with Crippen LogP contribution in [0, 0.1) is 5.92 Å². The SMILES string of the molecule is C[C@@H](CNS(=O)(=O)c1ccc2c(c1)C[C@H](C)N2C(=O)C1CCC1)c1ccccc1. The first-order valence-electron chi connectivity index (χ1n) is 10.4. The van der Waals surface area contributed by atoms with Gasteiger partial charge in [-0.05, 0) is 61.4 Å². The summed E-state index contributed by atoms with van der Waals surface area (Å²) in [7, 11) is -3.60. The van der Waals surface area contributed by atoms with Crippen molar-refractivity contribution in [2.75, 3.05) is 11.4 Å². The van der Waals surface area contributed by atoms with Gasteiger partial charge in [-0.15, -0.1) is 0 Å². The number of carbonyl (C=O) groups excluding carboxylic acids is 1. The van der Waals surface area contributed by atoms with Crippen LogP contribution in [-0.4, -0.2) is 26.9 Å². The normalized spacial score (nSPS) is 20.2. The quantitative estimate of drug-likeness (QED) is 0.784. The summed E-state index contributed by atoms with van der Waals surface area (Å²) in [4.78, 5) is 14.9. The molecule has 6 heteroatoms. The molecule has 0 bridgehead atoms. The van der Waals surface area contributed by atoms with E-state index in [-0.39, 0.29) is 28.7 Å². The third kappa shape index (κ3) is 3.96. The number of rotatable bonds is 6. The van der Waals surface area contributed by atoms with Gasteiger partial charge >= 0.3 is 0 Å². The molecule has 2 aromatic carbocycles. The largest absolute Gasteiger partial charge is 0.309 e. The Kier molecular flexibility index (Phi) is 5.49. The van der Waals surface area contributed by atoms with Crippen LogP contribution in [-0.2, 0) is 21.2 Å². The molecule has 0 radical (unpaired) electrons. The molecule has 1 aliphatic carbocycles. The van der Waals surface area contributed by atoms with Crippen LogP contribution in [0.3, 0.4) is 0 Å². The minimum absolute atomic E-state index is 0.0714. The van der Waals surface area contributed by atoms with Gasteiger partial charge in [-0.25, -0.2) is 13.1 Å². The lowest BCUT2D eigenvalue weighted by molar-refractivity contribution is -0.125. The van der Waals surface area contributed by atoms with Crippen LogP contribution in [0.2, 0.25) is 0 Å². The van der Waals surface area contributed by atoms with E-state index in [0.29, 0.717) is 13.0 Å². The highest BCUT2D eigenvalue weighted by molar-refractivity contribution is 7.89. The Bertz CT molecular complexity index is 1000. The number of hydrogen-bond acceptors (Lipinski definition) is 3. The molecule has 1 saturated carbocycles. The third-order valence-corrected chi connectivity index (χ3v) is 7.64. The lowest BCUT2D eigenvalue weighted by Crippen LogP contribution is -2.42. The number of sulfonamides is 1. The lowest BCUT2D eigenvalue weighted by Gasteiger charge is -2.32. The Labute approximate surface area is 173 Å². The van der Waals surface area contributed by atoms with E-state index in [2.05, 4.69) is 4.72 Å². The van der Waals surface area contributed by atoms with Crippen LogP contribution in [0.1, 0.15) is 50.2 Å². The Balaban J connectivity index is 1.49. The van der Waals surface area contributed by atoms with Gasteiger partial charge in [0, 0.05) is 24.2 Å². The zero-order valence-corrected chi connectivity index (χ0v) is 17.8. The van der Waals surface area contributed by atoms with Crippen molar-refractivity contribution < 1.29 is 13.2 Å². The highest BCUT2D eigenvalue weighted by Crippen LogP contribution is 2.38. The average molecular weight is 413 g/mol. The number of hydrogen-bond donors (Lipinski definition) is 1. The fraction of sp³-hybridized carbons (Fsp3) is 0.435. The molecule has 154 valence electrons. The molecule has 5 nitrogen and oxygen atoms in total. The average Bonchev–Trinajstić information content (AvgIpc) is 3.00. The van der Waals surface area contributed by atoms with Crippen molar-refractivity contribution in [3.63, 3.8) is 0 Å². The number of amides is 1. The highest BCUT2D eigenvalue weighted by atomic mass is 32.2. The van der Waals surface area contributed by atoms with E-state index in [0.717, 1.165) is 36.1 Å². The Morgan fingerprint density at radius 2 is 1.90 bits per heavy atom. The summed E-state index contributed by atoms with van der Waals surface area (Å²) in [5, 5.41) is 0. The summed E-state index contributed by atoms with van der Waals surface area (Å²) >= 11 is 0. The molecule has 2 aromatic rings. The summed E-state index contributed by atoms with van der Waals surface area (Å²) in [5.41, 5.74) is 2.90. The van der Waals surface area contributed by atoms with Gasteiger partial charge in [0.15, 0.2) is 0 Å². The predicted octanol–water partition coefficient (Wildman–Crippen LogP) is 3.85. The van der Waals surface area contributed by atoms with Crippen LogP contribution in [0.4, 0.5) is 5.69 Å². The molecule has 2 atom stereocenters. The van der Waals surface area contributed by atoms with E-state index in [4.69, 9.17) is 0 Å². The summed E-state index contributed by atoms with van der Waals surface area (Å²) < 4.78 is 28.4. The molecule has 1 amide bonds. The topological polar surface area (TPSA) is 66.5 Å². The molecule has 0 spiro atoms. The van der Waals surface area contributed by atoms with E-state index in [9.17, 15) is 13.2 Å². The smallest absolute Gasteiger partial charge is 0.240 e. The van der Waals surface area contributed by atoms with Gasteiger partial charge < -0.3 is 4.90 Å². The Morgan fingerprint density at radius 1 is 1.17 bits per heavy atom. The number of anilines is 1. The van der Waals surface area contributed by atoms with Gasteiger partial charge in [0.05, 0.1) is 4.90 Å². The van der Waals surface area contributed by atoms with Gasteiger partial charge in [-0.3, -0.25) is 4.79 Å². The minimum Gasteiger partial charge on any atom is -0.309 e. The van der Waals surface area contributed by atoms with Gasteiger partial charge in [0.25, 0.3) is 0 Å². The van der Waals surface area contributed by atoms with E-state index in [1.54, 1.807) is 18.2 Å². The van der Waals surface area contributed by atoms with E-state index in [1.807, 2.05) is 49.1 Å².